The summed E-state index contributed by atoms with van der Waals surface area (Å²) < 4.78 is 0. The van der Waals surface area contributed by atoms with Crippen molar-refractivity contribution in [1.29, 1.82) is 0 Å². The van der Waals surface area contributed by atoms with Crippen LogP contribution in [-0.4, -0.2) is 47.9 Å². The van der Waals surface area contributed by atoms with E-state index < -0.39 is 0 Å². The summed E-state index contributed by atoms with van der Waals surface area (Å²) in [5.74, 6) is 0.409. The predicted octanol–water partition coefficient (Wildman–Crippen LogP) is 1.13. The molecule has 1 fully saturated rings. The van der Waals surface area contributed by atoms with Gasteiger partial charge in [-0.15, -0.1) is 0 Å². The zero-order chi connectivity index (χ0) is 14.5. The SMILES string of the molecule is CCNc1cc(C(=O)N2CCNC(=O)CC2)c(Cl)cn1. The van der Waals surface area contributed by atoms with Crippen LogP contribution in [-0.2, 0) is 4.79 Å². The normalized spacial score (nSPS) is 15.5. The second-order valence-electron chi connectivity index (χ2n) is 4.47. The molecule has 1 aromatic heterocycles. The van der Waals surface area contributed by atoms with Crippen LogP contribution in [0.4, 0.5) is 5.82 Å². The van der Waals surface area contributed by atoms with Gasteiger partial charge in [-0.25, -0.2) is 4.98 Å². The molecule has 20 heavy (non-hydrogen) atoms. The molecule has 0 aromatic carbocycles. The topological polar surface area (TPSA) is 74.3 Å². The molecule has 2 amide bonds. The fraction of sp³-hybridized carbons (Fsp3) is 0.462. The Morgan fingerprint density at radius 1 is 1.55 bits per heavy atom. The Bertz CT molecular complexity index is 521. The first-order valence-corrected chi connectivity index (χ1v) is 6.95. The maximum Gasteiger partial charge on any atom is 0.255 e. The molecule has 1 aliphatic heterocycles. The maximum atomic E-state index is 12.5. The number of halogens is 1. The van der Waals surface area contributed by atoms with Gasteiger partial charge >= 0.3 is 0 Å². The Labute approximate surface area is 122 Å². The summed E-state index contributed by atoms with van der Waals surface area (Å²) in [5, 5.41) is 6.10. The van der Waals surface area contributed by atoms with E-state index in [-0.39, 0.29) is 11.8 Å². The highest BCUT2D eigenvalue weighted by Crippen LogP contribution is 2.20. The molecule has 108 valence electrons. The lowest BCUT2D eigenvalue weighted by Gasteiger charge is -2.20. The van der Waals surface area contributed by atoms with Crippen molar-refractivity contribution in [3.63, 3.8) is 0 Å². The fourth-order valence-corrected chi connectivity index (χ4v) is 2.20. The zero-order valence-electron chi connectivity index (χ0n) is 11.3. The van der Waals surface area contributed by atoms with Crippen molar-refractivity contribution in [2.24, 2.45) is 0 Å². The summed E-state index contributed by atoms with van der Waals surface area (Å²) in [4.78, 5) is 29.5. The van der Waals surface area contributed by atoms with E-state index in [0.29, 0.717) is 49.0 Å². The molecule has 7 heteroatoms. The van der Waals surface area contributed by atoms with Crippen molar-refractivity contribution in [1.82, 2.24) is 15.2 Å². The van der Waals surface area contributed by atoms with Gasteiger partial charge in [0.1, 0.15) is 5.82 Å². The van der Waals surface area contributed by atoms with Gasteiger partial charge in [-0.1, -0.05) is 11.6 Å². The lowest BCUT2D eigenvalue weighted by molar-refractivity contribution is -0.120. The van der Waals surface area contributed by atoms with E-state index >= 15 is 0 Å². The number of amides is 2. The largest absolute Gasteiger partial charge is 0.370 e. The van der Waals surface area contributed by atoms with E-state index in [1.165, 1.54) is 6.20 Å². The van der Waals surface area contributed by atoms with Gasteiger partial charge in [0.2, 0.25) is 5.91 Å². The summed E-state index contributed by atoms with van der Waals surface area (Å²) in [6.45, 7) is 4.02. The van der Waals surface area contributed by atoms with Crippen molar-refractivity contribution in [3.8, 4) is 0 Å². The van der Waals surface area contributed by atoms with Crippen molar-refractivity contribution in [2.45, 2.75) is 13.3 Å². The van der Waals surface area contributed by atoms with E-state index in [0.717, 1.165) is 0 Å². The van der Waals surface area contributed by atoms with Crippen LogP contribution in [0.2, 0.25) is 5.02 Å². The van der Waals surface area contributed by atoms with Gasteiger partial charge in [0.05, 0.1) is 10.6 Å². The van der Waals surface area contributed by atoms with Crippen molar-refractivity contribution < 1.29 is 9.59 Å². The minimum atomic E-state index is -0.173. The summed E-state index contributed by atoms with van der Waals surface area (Å²) in [6.07, 6.45) is 1.78. The minimum Gasteiger partial charge on any atom is -0.370 e. The second-order valence-corrected chi connectivity index (χ2v) is 4.88. The molecule has 0 saturated carbocycles. The summed E-state index contributed by atoms with van der Waals surface area (Å²) in [5.41, 5.74) is 0.409. The lowest BCUT2D eigenvalue weighted by Crippen LogP contribution is -2.34. The smallest absolute Gasteiger partial charge is 0.255 e. The van der Waals surface area contributed by atoms with Crippen LogP contribution in [0, 0.1) is 0 Å². The molecule has 6 nitrogen and oxygen atoms in total. The minimum absolute atomic E-state index is 0.0329. The first-order valence-electron chi connectivity index (χ1n) is 6.57. The zero-order valence-corrected chi connectivity index (χ0v) is 12.0. The second kappa shape index (κ2) is 6.56. The Hall–Kier alpha value is -1.82. The molecular formula is C13H17ClN4O2. The van der Waals surface area contributed by atoms with Crippen LogP contribution in [0.5, 0.6) is 0 Å². The Kier molecular flexibility index (Phi) is 4.79. The predicted molar refractivity (Wildman–Crippen MR) is 76.9 cm³/mol. The lowest BCUT2D eigenvalue weighted by atomic mass is 10.2. The first-order chi connectivity index (χ1) is 9.61. The number of pyridine rings is 1. The van der Waals surface area contributed by atoms with E-state index in [1.807, 2.05) is 6.92 Å². The molecule has 1 saturated heterocycles. The van der Waals surface area contributed by atoms with Crippen LogP contribution in [0.3, 0.4) is 0 Å². The number of anilines is 1. The molecule has 1 aromatic rings. The molecule has 0 bridgehead atoms. The van der Waals surface area contributed by atoms with Gasteiger partial charge in [0, 0.05) is 38.8 Å². The molecular weight excluding hydrogens is 280 g/mol. The highest BCUT2D eigenvalue weighted by molar-refractivity contribution is 6.33. The van der Waals surface area contributed by atoms with Crippen LogP contribution in [0.15, 0.2) is 12.3 Å². The Morgan fingerprint density at radius 3 is 3.10 bits per heavy atom. The van der Waals surface area contributed by atoms with Gasteiger partial charge in [-0.3, -0.25) is 9.59 Å². The Balaban J connectivity index is 2.19. The maximum absolute atomic E-state index is 12.5. The molecule has 0 aliphatic carbocycles. The summed E-state index contributed by atoms with van der Waals surface area (Å²) >= 11 is 6.06. The molecule has 1 aliphatic rings. The van der Waals surface area contributed by atoms with Crippen molar-refractivity contribution in [3.05, 3.63) is 22.8 Å². The number of hydrogen-bond donors (Lipinski definition) is 2. The number of hydrogen-bond acceptors (Lipinski definition) is 4. The highest BCUT2D eigenvalue weighted by Gasteiger charge is 2.22. The van der Waals surface area contributed by atoms with E-state index in [2.05, 4.69) is 15.6 Å². The standard InChI is InChI=1S/C13H17ClN4O2/c1-2-15-11-7-9(10(14)8-17-11)13(20)18-5-3-12(19)16-4-6-18/h7-8H,2-6H2,1H3,(H,15,17)(H,16,19). The summed E-state index contributed by atoms with van der Waals surface area (Å²) in [7, 11) is 0. The molecule has 2 N–H and O–H groups in total. The van der Waals surface area contributed by atoms with E-state index in [1.54, 1.807) is 11.0 Å². The van der Waals surface area contributed by atoms with Gasteiger partial charge in [0.25, 0.3) is 5.91 Å². The van der Waals surface area contributed by atoms with Crippen LogP contribution >= 0.6 is 11.6 Å². The van der Waals surface area contributed by atoms with Gasteiger partial charge < -0.3 is 15.5 Å². The number of nitrogens with one attached hydrogen (secondary N) is 2. The number of carbonyl (C=O) groups excluding carboxylic acids is 2. The average Bonchev–Trinajstić information content (AvgIpc) is 2.65. The average molecular weight is 297 g/mol. The highest BCUT2D eigenvalue weighted by atomic mass is 35.5. The summed E-state index contributed by atoms with van der Waals surface area (Å²) in [6, 6.07) is 1.65. The molecule has 0 unspecified atom stereocenters. The van der Waals surface area contributed by atoms with E-state index in [4.69, 9.17) is 11.6 Å². The molecule has 0 atom stereocenters. The van der Waals surface area contributed by atoms with Crippen molar-refractivity contribution in [2.75, 3.05) is 31.5 Å². The number of nitrogens with zero attached hydrogens (tertiary/aromatic N) is 2. The van der Waals surface area contributed by atoms with Crippen LogP contribution < -0.4 is 10.6 Å². The quantitative estimate of drug-likeness (QED) is 0.877. The number of carbonyl (C=O) groups is 2. The van der Waals surface area contributed by atoms with Crippen LogP contribution in [0.1, 0.15) is 23.7 Å². The third kappa shape index (κ3) is 3.39. The van der Waals surface area contributed by atoms with E-state index in [9.17, 15) is 9.59 Å². The molecule has 0 spiro atoms. The molecule has 2 rings (SSSR count). The molecule has 0 radical (unpaired) electrons. The Morgan fingerprint density at radius 2 is 2.35 bits per heavy atom. The van der Waals surface area contributed by atoms with Crippen LogP contribution in [0.25, 0.3) is 0 Å². The third-order valence-corrected chi connectivity index (χ3v) is 3.34. The monoisotopic (exact) mass is 296 g/mol. The fourth-order valence-electron chi connectivity index (χ4n) is 2.02. The van der Waals surface area contributed by atoms with Crippen molar-refractivity contribution >= 4 is 29.2 Å². The van der Waals surface area contributed by atoms with Gasteiger partial charge in [0.15, 0.2) is 0 Å². The number of aromatic nitrogens is 1. The third-order valence-electron chi connectivity index (χ3n) is 3.04. The van der Waals surface area contributed by atoms with Gasteiger partial charge in [-0.05, 0) is 13.0 Å². The first kappa shape index (κ1) is 14.6. The molecule has 2 heterocycles. The number of rotatable bonds is 3. The van der Waals surface area contributed by atoms with Gasteiger partial charge in [-0.2, -0.15) is 0 Å².